The Morgan fingerprint density at radius 1 is 1.00 bits per heavy atom. The lowest BCUT2D eigenvalue weighted by molar-refractivity contribution is -0.136. The first-order valence-corrected chi connectivity index (χ1v) is 9.81. The van der Waals surface area contributed by atoms with E-state index in [0.29, 0.717) is 19.4 Å². The van der Waals surface area contributed by atoms with E-state index in [-0.39, 0.29) is 23.8 Å². The van der Waals surface area contributed by atoms with Gasteiger partial charge < -0.3 is 10.2 Å². The average molecular weight is 364 g/mol. The van der Waals surface area contributed by atoms with Crippen molar-refractivity contribution in [3.63, 3.8) is 0 Å². The standard InChI is InChI=1S/C23H28N2O2/c1-18(25-15-9-8-14-23(25)27)16-22(26)24-17-21(19-10-4-2-5-11-19)20-12-6-3-7-13-20/h2-7,10-13,18,21H,8-9,14-17H2,1H3,(H,24,26). The van der Waals surface area contributed by atoms with Crippen LogP contribution >= 0.6 is 0 Å². The lowest BCUT2D eigenvalue weighted by Gasteiger charge is -2.32. The molecule has 0 aromatic heterocycles. The van der Waals surface area contributed by atoms with Crippen LogP contribution in [0.3, 0.4) is 0 Å². The number of nitrogens with one attached hydrogen (secondary N) is 1. The van der Waals surface area contributed by atoms with Gasteiger partial charge in [0, 0.05) is 37.9 Å². The van der Waals surface area contributed by atoms with E-state index in [4.69, 9.17) is 0 Å². The summed E-state index contributed by atoms with van der Waals surface area (Å²) in [4.78, 5) is 26.4. The monoisotopic (exact) mass is 364 g/mol. The quantitative estimate of drug-likeness (QED) is 0.814. The molecule has 1 fully saturated rings. The van der Waals surface area contributed by atoms with Crippen molar-refractivity contribution in [3.05, 3.63) is 71.8 Å². The fraction of sp³-hybridized carbons (Fsp3) is 0.391. The Morgan fingerprint density at radius 2 is 1.59 bits per heavy atom. The van der Waals surface area contributed by atoms with Crippen LogP contribution in [0.1, 0.15) is 49.7 Å². The van der Waals surface area contributed by atoms with Crippen LogP contribution in [0, 0.1) is 0 Å². The molecule has 0 radical (unpaired) electrons. The number of carbonyl (C=O) groups excluding carboxylic acids is 2. The number of amides is 2. The number of benzene rings is 2. The summed E-state index contributed by atoms with van der Waals surface area (Å²) < 4.78 is 0. The van der Waals surface area contributed by atoms with E-state index >= 15 is 0 Å². The fourth-order valence-electron chi connectivity index (χ4n) is 3.76. The largest absolute Gasteiger partial charge is 0.355 e. The predicted octanol–water partition coefficient (Wildman–Crippen LogP) is 3.73. The van der Waals surface area contributed by atoms with Gasteiger partial charge in [-0.3, -0.25) is 9.59 Å². The van der Waals surface area contributed by atoms with E-state index in [0.717, 1.165) is 19.4 Å². The Balaban J connectivity index is 1.61. The molecule has 1 atom stereocenters. The zero-order chi connectivity index (χ0) is 19.1. The maximum Gasteiger partial charge on any atom is 0.222 e. The molecule has 3 rings (SSSR count). The second-order valence-electron chi connectivity index (χ2n) is 7.28. The van der Waals surface area contributed by atoms with Crippen molar-refractivity contribution >= 4 is 11.8 Å². The Kier molecular flexibility index (Phi) is 6.64. The van der Waals surface area contributed by atoms with Crippen LogP contribution in [0.25, 0.3) is 0 Å². The molecule has 27 heavy (non-hydrogen) atoms. The van der Waals surface area contributed by atoms with E-state index in [2.05, 4.69) is 29.6 Å². The molecular formula is C23H28N2O2. The molecule has 2 aromatic rings. The van der Waals surface area contributed by atoms with Crippen molar-refractivity contribution in [2.45, 2.75) is 44.6 Å². The molecule has 1 aliphatic heterocycles. The first-order chi connectivity index (χ1) is 13.1. The van der Waals surface area contributed by atoms with E-state index < -0.39 is 0 Å². The first kappa shape index (κ1) is 19.2. The molecule has 4 nitrogen and oxygen atoms in total. The van der Waals surface area contributed by atoms with Gasteiger partial charge in [0.05, 0.1) is 0 Å². The number of rotatable bonds is 7. The lowest BCUT2D eigenvalue weighted by Crippen LogP contribution is -2.44. The number of nitrogens with zero attached hydrogens (tertiary/aromatic N) is 1. The van der Waals surface area contributed by atoms with Gasteiger partial charge in [-0.2, -0.15) is 0 Å². The van der Waals surface area contributed by atoms with Crippen molar-refractivity contribution in [2.24, 2.45) is 0 Å². The Bertz CT molecular complexity index is 706. The van der Waals surface area contributed by atoms with Crippen LogP contribution in [0.15, 0.2) is 60.7 Å². The molecule has 1 unspecified atom stereocenters. The second-order valence-corrected chi connectivity index (χ2v) is 7.28. The summed E-state index contributed by atoms with van der Waals surface area (Å²) in [7, 11) is 0. The van der Waals surface area contributed by atoms with Crippen LogP contribution < -0.4 is 5.32 Å². The van der Waals surface area contributed by atoms with Gasteiger partial charge >= 0.3 is 0 Å². The van der Waals surface area contributed by atoms with E-state index in [1.807, 2.05) is 48.2 Å². The fourth-order valence-corrected chi connectivity index (χ4v) is 3.76. The molecular weight excluding hydrogens is 336 g/mol. The summed E-state index contributed by atoms with van der Waals surface area (Å²) in [6.45, 7) is 3.28. The molecule has 142 valence electrons. The van der Waals surface area contributed by atoms with Gasteiger partial charge in [-0.1, -0.05) is 60.7 Å². The number of carbonyl (C=O) groups is 2. The number of hydrogen-bond acceptors (Lipinski definition) is 2. The molecule has 0 spiro atoms. The average Bonchev–Trinajstić information content (AvgIpc) is 2.70. The van der Waals surface area contributed by atoms with Gasteiger partial charge in [-0.15, -0.1) is 0 Å². The molecule has 0 saturated carbocycles. The molecule has 2 amide bonds. The smallest absolute Gasteiger partial charge is 0.222 e. The van der Waals surface area contributed by atoms with Crippen LogP contribution in [0.4, 0.5) is 0 Å². The maximum atomic E-state index is 12.5. The highest BCUT2D eigenvalue weighted by Gasteiger charge is 2.25. The van der Waals surface area contributed by atoms with E-state index in [9.17, 15) is 9.59 Å². The summed E-state index contributed by atoms with van der Waals surface area (Å²) in [5.74, 6) is 0.286. The Labute approximate surface area is 161 Å². The zero-order valence-corrected chi connectivity index (χ0v) is 15.9. The van der Waals surface area contributed by atoms with E-state index in [1.54, 1.807) is 0 Å². The van der Waals surface area contributed by atoms with Crippen LogP contribution in [0.2, 0.25) is 0 Å². The summed E-state index contributed by atoms with van der Waals surface area (Å²) in [5.41, 5.74) is 2.37. The van der Waals surface area contributed by atoms with Gasteiger partial charge in [0.1, 0.15) is 0 Å². The summed E-state index contributed by atoms with van der Waals surface area (Å²) >= 11 is 0. The van der Waals surface area contributed by atoms with Gasteiger partial charge in [0.15, 0.2) is 0 Å². The molecule has 0 aliphatic carbocycles. The van der Waals surface area contributed by atoms with Crippen LogP contribution in [-0.4, -0.2) is 35.8 Å². The molecule has 0 bridgehead atoms. The molecule has 2 aromatic carbocycles. The molecule has 1 aliphatic rings. The van der Waals surface area contributed by atoms with Gasteiger partial charge in [-0.25, -0.2) is 0 Å². The third kappa shape index (κ3) is 5.19. The highest BCUT2D eigenvalue weighted by molar-refractivity contribution is 5.80. The summed E-state index contributed by atoms with van der Waals surface area (Å²) in [6, 6.07) is 20.4. The molecule has 4 heteroatoms. The van der Waals surface area contributed by atoms with Gasteiger partial charge in [0.2, 0.25) is 11.8 Å². The minimum Gasteiger partial charge on any atom is -0.355 e. The van der Waals surface area contributed by atoms with Crippen molar-refractivity contribution in [2.75, 3.05) is 13.1 Å². The van der Waals surface area contributed by atoms with Crippen molar-refractivity contribution < 1.29 is 9.59 Å². The second kappa shape index (κ2) is 9.36. The van der Waals surface area contributed by atoms with Crippen LogP contribution in [-0.2, 0) is 9.59 Å². The minimum absolute atomic E-state index is 0.00210. The number of piperidine rings is 1. The third-order valence-corrected chi connectivity index (χ3v) is 5.28. The summed E-state index contributed by atoms with van der Waals surface area (Å²) in [5, 5.41) is 3.09. The molecule has 1 heterocycles. The molecule has 1 saturated heterocycles. The van der Waals surface area contributed by atoms with Crippen molar-refractivity contribution in [1.29, 1.82) is 0 Å². The predicted molar refractivity (Wildman–Crippen MR) is 107 cm³/mol. The summed E-state index contributed by atoms with van der Waals surface area (Å²) in [6.07, 6.45) is 2.95. The SMILES string of the molecule is CC(CC(=O)NCC(c1ccccc1)c1ccccc1)N1CCCCC1=O. The normalized spacial score (nSPS) is 15.6. The van der Waals surface area contributed by atoms with Gasteiger partial charge in [0.25, 0.3) is 0 Å². The third-order valence-electron chi connectivity index (χ3n) is 5.28. The van der Waals surface area contributed by atoms with Crippen molar-refractivity contribution in [1.82, 2.24) is 10.2 Å². The first-order valence-electron chi connectivity index (χ1n) is 9.81. The topological polar surface area (TPSA) is 49.4 Å². The highest BCUT2D eigenvalue weighted by Crippen LogP contribution is 2.24. The highest BCUT2D eigenvalue weighted by atomic mass is 16.2. The van der Waals surface area contributed by atoms with Crippen LogP contribution in [0.5, 0.6) is 0 Å². The number of likely N-dealkylation sites (tertiary alicyclic amines) is 1. The number of hydrogen-bond donors (Lipinski definition) is 1. The maximum absolute atomic E-state index is 12.5. The Morgan fingerprint density at radius 3 is 2.15 bits per heavy atom. The van der Waals surface area contributed by atoms with Crippen molar-refractivity contribution in [3.8, 4) is 0 Å². The minimum atomic E-state index is -0.0512. The lowest BCUT2D eigenvalue weighted by atomic mass is 9.91. The van der Waals surface area contributed by atoms with Gasteiger partial charge in [-0.05, 0) is 30.9 Å². The zero-order valence-electron chi connectivity index (χ0n) is 15.9. The Hall–Kier alpha value is -2.62. The molecule has 1 N–H and O–H groups in total. The van der Waals surface area contributed by atoms with E-state index in [1.165, 1.54) is 11.1 Å².